The molecule has 0 spiro atoms. The summed E-state index contributed by atoms with van der Waals surface area (Å²) in [6.07, 6.45) is 7.03. The van der Waals surface area contributed by atoms with E-state index in [1.165, 1.54) is 64.0 Å². The standard InChI is InChI=1S/C15H30N2S/c1-13(2)7-10-17(14-3-4-14)11-12-18-15-5-8-16-9-6-15/h13-16H,3-12H2,1-2H3. The fourth-order valence-electron chi connectivity index (χ4n) is 2.64. The van der Waals surface area contributed by atoms with Gasteiger partial charge >= 0.3 is 0 Å². The van der Waals surface area contributed by atoms with Gasteiger partial charge in [-0.2, -0.15) is 11.8 Å². The van der Waals surface area contributed by atoms with Crippen LogP contribution < -0.4 is 5.32 Å². The lowest BCUT2D eigenvalue weighted by Gasteiger charge is -2.26. The molecule has 0 amide bonds. The second-order valence-corrected chi connectivity index (χ2v) is 7.68. The Labute approximate surface area is 117 Å². The highest BCUT2D eigenvalue weighted by molar-refractivity contribution is 7.99. The third kappa shape index (κ3) is 5.50. The average Bonchev–Trinajstić information content (AvgIpc) is 3.19. The maximum Gasteiger partial charge on any atom is 0.00967 e. The van der Waals surface area contributed by atoms with Gasteiger partial charge in [0, 0.05) is 23.6 Å². The van der Waals surface area contributed by atoms with Crippen molar-refractivity contribution in [2.24, 2.45) is 5.92 Å². The van der Waals surface area contributed by atoms with Crippen LogP contribution in [-0.2, 0) is 0 Å². The Morgan fingerprint density at radius 1 is 1.11 bits per heavy atom. The Morgan fingerprint density at radius 2 is 1.83 bits per heavy atom. The molecule has 0 aromatic heterocycles. The van der Waals surface area contributed by atoms with Crippen LogP contribution >= 0.6 is 11.8 Å². The third-order valence-electron chi connectivity index (χ3n) is 4.08. The molecule has 3 heteroatoms. The van der Waals surface area contributed by atoms with E-state index in [-0.39, 0.29) is 0 Å². The largest absolute Gasteiger partial charge is 0.317 e. The van der Waals surface area contributed by atoms with E-state index >= 15 is 0 Å². The van der Waals surface area contributed by atoms with E-state index in [4.69, 9.17) is 0 Å². The Morgan fingerprint density at radius 3 is 2.44 bits per heavy atom. The molecule has 0 bridgehead atoms. The average molecular weight is 270 g/mol. The van der Waals surface area contributed by atoms with Crippen molar-refractivity contribution in [1.82, 2.24) is 10.2 Å². The smallest absolute Gasteiger partial charge is 0.00967 e. The monoisotopic (exact) mass is 270 g/mol. The summed E-state index contributed by atoms with van der Waals surface area (Å²) in [5.41, 5.74) is 0. The molecule has 106 valence electrons. The Balaban J connectivity index is 1.59. The molecular weight excluding hydrogens is 240 g/mol. The number of nitrogens with one attached hydrogen (secondary N) is 1. The summed E-state index contributed by atoms with van der Waals surface area (Å²) in [6.45, 7) is 9.81. The first-order valence-electron chi connectivity index (χ1n) is 7.82. The molecule has 2 rings (SSSR count). The van der Waals surface area contributed by atoms with E-state index in [1.807, 2.05) is 0 Å². The predicted molar refractivity (Wildman–Crippen MR) is 82.4 cm³/mol. The molecule has 0 radical (unpaired) electrons. The minimum atomic E-state index is 0.850. The first-order valence-corrected chi connectivity index (χ1v) is 8.87. The summed E-state index contributed by atoms with van der Waals surface area (Å²) in [5, 5.41) is 4.38. The van der Waals surface area contributed by atoms with Gasteiger partial charge in [0.15, 0.2) is 0 Å². The molecule has 1 saturated heterocycles. The number of hydrogen-bond acceptors (Lipinski definition) is 3. The van der Waals surface area contributed by atoms with Gasteiger partial charge in [0.05, 0.1) is 0 Å². The van der Waals surface area contributed by atoms with Gasteiger partial charge in [-0.3, -0.25) is 4.90 Å². The van der Waals surface area contributed by atoms with Crippen LogP contribution in [0, 0.1) is 5.92 Å². The highest BCUT2D eigenvalue weighted by Gasteiger charge is 2.28. The van der Waals surface area contributed by atoms with Crippen molar-refractivity contribution >= 4 is 11.8 Å². The lowest BCUT2D eigenvalue weighted by atomic mass is 10.1. The molecule has 2 nitrogen and oxygen atoms in total. The maximum atomic E-state index is 3.45. The van der Waals surface area contributed by atoms with Gasteiger partial charge < -0.3 is 5.32 Å². The molecule has 2 fully saturated rings. The second kappa shape index (κ2) is 7.76. The van der Waals surface area contributed by atoms with E-state index in [0.717, 1.165) is 17.2 Å². The van der Waals surface area contributed by atoms with Crippen LogP contribution in [0.1, 0.15) is 46.0 Å². The van der Waals surface area contributed by atoms with Crippen LogP contribution in [0.3, 0.4) is 0 Å². The number of nitrogens with zero attached hydrogens (tertiary/aromatic N) is 1. The summed E-state index contributed by atoms with van der Waals surface area (Å²) >= 11 is 2.22. The van der Waals surface area contributed by atoms with Crippen LogP contribution in [0.4, 0.5) is 0 Å². The second-order valence-electron chi connectivity index (χ2n) is 6.27. The molecule has 0 unspecified atom stereocenters. The maximum absolute atomic E-state index is 3.45. The summed E-state index contributed by atoms with van der Waals surface area (Å²) in [6, 6.07) is 0.942. The zero-order chi connectivity index (χ0) is 12.8. The number of thioether (sulfide) groups is 1. The van der Waals surface area contributed by atoms with Gasteiger partial charge in [-0.1, -0.05) is 13.8 Å². The van der Waals surface area contributed by atoms with E-state index in [2.05, 4.69) is 35.8 Å². The van der Waals surface area contributed by atoms with Gasteiger partial charge in [-0.25, -0.2) is 0 Å². The van der Waals surface area contributed by atoms with Crippen LogP contribution in [0.15, 0.2) is 0 Å². The van der Waals surface area contributed by atoms with Crippen molar-refractivity contribution in [1.29, 1.82) is 0 Å². The Bertz CT molecular complexity index is 223. The van der Waals surface area contributed by atoms with E-state index in [1.54, 1.807) is 0 Å². The number of rotatable bonds is 8. The van der Waals surface area contributed by atoms with Crippen LogP contribution in [0.2, 0.25) is 0 Å². The predicted octanol–water partition coefficient (Wildman–Crippen LogP) is 2.98. The summed E-state index contributed by atoms with van der Waals surface area (Å²) in [4.78, 5) is 2.76. The van der Waals surface area contributed by atoms with Crippen LogP contribution in [0.25, 0.3) is 0 Å². The minimum Gasteiger partial charge on any atom is -0.317 e. The van der Waals surface area contributed by atoms with Crippen molar-refractivity contribution in [3.8, 4) is 0 Å². The highest BCUT2D eigenvalue weighted by Crippen LogP contribution is 2.28. The molecule has 1 N–H and O–H groups in total. The van der Waals surface area contributed by atoms with Gasteiger partial charge in [0.25, 0.3) is 0 Å². The third-order valence-corrected chi connectivity index (χ3v) is 5.44. The van der Waals surface area contributed by atoms with Gasteiger partial charge in [0.2, 0.25) is 0 Å². The quantitative estimate of drug-likeness (QED) is 0.730. The van der Waals surface area contributed by atoms with Crippen molar-refractivity contribution in [3.05, 3.63) is 0 Å². The van der Waals surface area contributed by atoms with Crippen molar-refractivity contribution in [2.45, 2.75) is 57.2 Å². The lowest BCUT2D eigenvalue weighted by molar-refractivity contribution is 0.262. The van der Waals surface area contributed by atoms with Crippen LogP contribution in [-0.4, -0.2) is 48.1 Å². The molecule has 0 atom stereocenters. The summed E-state index contributed by atoms with van der Waals surface area (Å²) in [7, 11) is 0. The molecule has 2 aliphatic rings. The molecule has 1 aliphatic carbocycles. The Hall–Kier alpha value is 0.270. The minimum absolute atomic E-state index is 0.850. The van der Waals surface area contributed by atoms with E-state index in [0.29, 0.717) is 0 Å². The molecule has 1 saturated carbocycles. The van der Waals surface area contributed by atoms with Gasteiger partial charge in [-0.15, -0.1) is 0 Å². The molecule has 1 heterocycles. The zero-order valence-corrected chi connectivity index (χ0v) is 13.0. The molecule has 1 aliphatic heterocycles. The fourth-order valence-corrected chi connectivity index (χ4v) is 3.88. The van der Waals surface area contributed by atoms with E-state index in [9.17, 15) is 0 Å². The highest BCUT2D eigenvalue weighted by atomic mass is 32.2. The summed E-state index contributed by atoms with van der Waals surface area (Å²) < 4.78 is 0. The zero-order valence-electron chi connectivity index (χ0n) is 12.2. The topological polar surface area (TPSA) is 15.3 Å². The first-order chi connectivity index (χ1) is 8.75. The van der Waals surface area contributed by atoms with Gasteiger partial charge in [0.1, 0.15) is 0 Å². The van der Waals surface area contributed by atoms with E-state index < -0.39 is 0 Å². The number of hydrogen-bond donors (Lipinski definition) is 1. The van der Waals surface area contributed by atoms with Crippen LogP contribution in [0.5, 0.6) is 0 Å². The van der Waals surface area contributed by atoms with Crippen molar-refractivity contribution in [3.63, 3.8) is 0 Å². The SMILES string of the molecule is CC(C)CCN(CCSC1CCNCC1)C1CC1. The lowest BCUT2D eigenvalue weighted by Crippen LogP contribution is -2.32. The Kier molecular flexibility index (Phi) is 6.33. The molecule has 0 aromatic rings. The first kappa shape index (κ1) is 14.7. The summed E-state index contributed by atoms with van der Waals surface area (Å²) in [5.74, 6) is 2.20. The normalized spacial score (nSPS) is 22.0. The molecular formula is C15H30N2S. The van der Waals surface area contributed by atoms with Crippen molar-refractivity contribution < 1.29 is 0 Å². The molecule has 0 aromatic carbocycles. The molecule has 18 heavy (non-hydrogen) atoms. The van der Waals surface area contributed by atoms with Gasteiger partial charge in [-0.05, 0) is 57.7 Å². The van der Waals surface area contributed by atoms with Crippen molar-refractivity contribution in [2.75, 3.05) is 31.9 Å². The number of piperidine rings is 1. The fraction of sp³-hybridized carbons (Fsp3) is 1.00.